The zero-order chi connectivity index (χ0) is 14.7. The molecule has 0 aliphatic heterocycles. The zero-order valence-corrected chi connectivity index (χ0v) is 12.9. The molecule has 1 aromatic carbocycles. The van der Waals surface area contributed by atoms with Gasteiger partial charge < -0.3 is 5.32 Å². The molecule has 0 saturated heterocycles. The van der Waals surface area contributed by atoms with Crippen molar-refractivity contribution in [2.24, 2.45) is 0 Å². The van der Waals surface area contributed by atoms with Crippen LogP contribution >= 0.6 is 27.5 Å². The molecular weight excluding hydrogens is 346 g/mol. The maximum absolute atomic E-state index is 10.9. The van der Waals surface area contributed by atoms with Crippen LogP contribution in [0.3, 0.4) is 0 Å². The van der Waals surface area contributed by atoms with E-state index in [2.05, 4.69) is 26.2 Å². The molecule has 2 rings (SSSR count). The molecule has 0 aliphatic carbocycles. The zero-order valence-electron chi connectivity index (χ0n) is 10.6. The lowest BCUT2D eigenvalue weighted by Gasteiger charge is -2.08. The third kappa shape index (κ3) is 3.46. The van der Waals surface area contributed by atoms with Gasteiger partial charge in [-0.15, -0.1) is 0 Å². The fraction of sp³-hybridized carbons (Fsp3) is 0.154. The average molecular weight is 357 g/mol. The van der Waals surface area contributed by atoms with E-state index in [0.29, 0.717) is 16.2 Å². The second-order valence-corrected chi connectivity index (χ2v) is 5.44. The summed E-state index contributed by atoms with van der Waals surface area (Å²) in [6.45, 7) is 2.34. The quantitative estimate of drug-likeness (QED) is 0.503. The number of rotatable bonds is 4. The van der Waals surface area contributed by atoms with Crippen LogP contribution in [0.15, 0.2) is 34.9 Å². The lowest BCUT2D eigenvalue weighted by molar-refractivity contribution is -0.385. The van der Waals surface area contributed by atoms with Gasteiger partial charge in [0.05, 0.1) is 21.3 Å². The fourth-order valence-electron chi connectivity index (χ4n) is 1.67. The van der Waals surface area contributed by atoms with Crippen LogP contribution in [0.4, 0.5) is 11.4 Å². The Morgan fingerprint density at radius 3 is 2.85 bits per heavy atom. The van der Waals surface area contributed by atoms with Gasteiger partial charge in [-0.25, -0.2) is 4.98 Å². The van der Waals surface area contributed by atoms with Crippen LogP contribution in [0.2, 0.25) is 5.15 Å². The number of aromatic nitrogens is 1. The molecule has 20 heavy (non-hydrogen) atoms. The number of aryl methyl sites for hydroxylation is 1. The van der Waals surface area contributed by atoms with Crippen molar-refractivity contribution in [3.05, 3.63) is 61.3 Å². The van der Waals surface area contributed by atoms with Crippen molar-refractivity contribution in [1.82, 2.24) is 4.98 Å². The van der Waals surface area contributed by atoms with Crippen molar-refractivity contribution in [2.75, 3.05) is 5.32 Å². The van der Waals surface area contributed by atoms with Crippen molar-refractivity contribution < 1.29 is 4.92 Å². The van der Waals surface area contributed by atoms with Gasteiger partial charge in [-0.3, -0.25) is 10.1 Å². The lowest BCUT2D eigenvalue weighted by atomic mass is 10.2. The first-order valence-corrected chi connectivity index (χ1v) is 6.93. The van der Waals surface area contributed by atoms with Gasteiger partial charge in [-0.05, 0) is 46.1 Å². The Morgan fingerprint density at radius 1 is 1.45 bits per heavy atom. The lowest BCUT2D eigenvalue weighted by Crippen LogP contribution is -2.01. The Morgan fingerprint density at radius 2 is 2.20 bits per heavy atom. The van der Waals surface area contributed by atoms with E-state index in [9.17, 15) is 10.1 Å². The Hall–Kier alpha value is -1.66. The number of nitro benzene ring substituents is 1. The van der Waals surface area contributed by atoms with E-state index >= 15 is 0 Å². The summed E-state index contributed by atoms with van der Waals surface area (Å²) in [6, 6.07) is 6.90. The minimum atomic E-state index is -0.415. The number of nitro groups is 1. The van der Waals surface area contributed by atoms with Crippen molar-refractivity contribution in [2.45, 2.75) is 13.5 Å². The molecule has 5 nitrogen and oxygen atoms in total. The predicted molar refractivity (Wildman–Crippen MR) is 82.1 cm³/mol. The summed E-state index contributed by atoms with van der Waals surface area (Å²) in [5.41, 5.74) is 2.55. The third-order valence-corrected chi connectivity index (χ3v) is 3.78. The highest BCUT2D eigenvalue weighted by Gasteiger charge is 2.12. The Labute approximate surface area is 129 Å². The highest BCUT2D eigenvalue weighted by atomic mass is 79.9. The Bertz CT molecular complexity index is 664. The van der Waals surface area contributed by atoms with E-state index in [0.717, 1.165) is 16.8 Å². The van der Waals surface area contributed by atoms with Crippen LogP contribution in [0.5, 0.6) is 0 Å². The first-order chi connectivity index (χ1) is 9.47. The summed E-state index contributed by atoms with van der Waals surface area (Å²) in [7, 11) is 0. The van der Waals surface area contributed by atoms with E-state index in [1.54, 1.807) is 12.3 Å². The van der Waals surface area contributed by atoms with E-state index in [-0.39, 0.29) is 5.69 Å². The number of halogens is 2. The van der Waals surface area contributed by atoms with Crippen LogP contribution in [-0.2, 0) is 6.54 Å². The molecule has 1 N–H and O–H groups in total. The highest BCUT2D eigenvalue weighted by Crippen LogP contribution is 2.26. The van der Waals surface area contributed by atoms with Crippen molar-refractivity contribution >= 4 is 38.9 Å². The predicted octanol–water partition coefficient (Wildman–Crippen LogP) is 4.33. The summed E-state index contributed by atoms with van der Waals surface area (Å²) in [6.07, 6.45) is 1.63. The average Bonchev–Trinajstić information content (AvgIpc) is 2.41. The second-order valence-electron chi connectivity index (χ2n) is 4.23. The van der Waals surface area contributed by atoms with Crippen LogP contribution in [0.1, 0.15) is 11.1 Å². The van der Waals surface area contributed by atoms with Gasteiger partial charge >= 0.3 is 0 Å². The van der Waals surface area contributed by atoms with Crippen molar-refractivity contribution in [3.63, 3.8) is 0 Å². The molecule has 0 spiro atoms. The number of anilines is 1. The van der Waals surface area contributed by atoms with Gasteiger partial charge in [0.1, 0.15) is 5.15 Å². The smallest absolute Gasteiger partial charge is 0.283 e. The summed E-state index contributed by atoms with van der Waals surface area (Å²) in [4.78, 5) is 14.5. The number of hydrogen-bond donors (Lipinski definition) is 1. The van der Waals surface area contributed by atoms with Gasteiger partial charge in [0.15, 0.2) is 0 Å². The van der Waals surface area contributed by atoms with Crippen LogP contribution < -0.4 is 5.32 Å². The standard InChI is InChI=1S/C13H11BrClN3O2/c1-8-4-10(7-17-13(8)15)16-6-9-2-3-11(14)12(5-9)18(19)20/h2-5,7,16H,6H2,1H3. The summed E-state index contributed by atoms with van der Waals surface area (Å²) >= 11 is 9.01. The topological polar surface area (TPSA) is 68.1 Å². The fourth-order valence-corrected chi connectivity index (χ4v) is 2.16. The molecule has 0 bridgehead atoms. The van der Waals surface area contributed by atoms with Crippen molar-refractivity contribution in [3.8, 4) is 0 Å². The highest BCUT2D eigenvalue weighted by molar-refractivity contribution is 9.10. The minimum Gasteiger partial charge on any atom is -0.380 e. The largest absolute Gasteiger partial charge is 0.380 e. The second kappa shape index (κ2) is 6.19. The molecule has 2 aromatic rings. The van der Waals surface area contributed by atoms with E-state index in [1.807, 2.05) is 19.1 Å². The molecule has 1 heterocycles. The third-order valence-electron chi connectivity index (χ3n) is 2.72. The van der Waals surface area contributed by atoms with E-state index in [1.165, 1.54) is 6.07 Å². The molecule has 0 saturated carbocycles. The Balaban J connectivity index is 2.12. The maximum atomic E-state index is 10.9. The normalized spacial score (nSPS) is 10.3. The van der Waals surface area contributed by atoms with Crippen LogP contribution in [0, 0.1) is 17.0 Å². The van der Waals surface area contributed by atoms with Gasteiger partial charge in [-0.1, -0.05) is 17.7 Å². The number of nitrogens with one attached hydrogen (secondary N) is 1. The number of benzene rings is 1. The molecule has 0 aliphatic rings. The van der Waals surface area contributed by atoms with Crippen LogP contribution in [-0.4, -0.2) is 9.91 Å². The van der Waals surface area contributed by atoms with Gasteiger partial charge in [0.2, 0.25) is 0 Å². The molecule has 1 aromatic heterocycles. The molecule has 0 atom stereocenters. The van der Waals surface area contributed by atoms with Gasteiger partial charge in [0.25, 0.3) is 5.69 Å². The van der Waals surface area contributed by atoms with E-state index in [4.69, 9.17) is 11.6 Å². The number of hydrogen-bond acceptors (Lipinski definition) is 4. The SMILES string of the molecule is Cc1cc(NCc2ccc(Br)c([N+](=O)[O-])c2)cnc1Cl. The summed E-state index contributed by atoms with van der Waals surface area (Å²) in [5.74, 6) is 0. The van der Waals surface area contributed by atoms with Crippen LogP contribution in [0.25, 0.3) is 0 Å². The summed E-state index contributed by atoms with van der Waals surface area (Å²) in [5, 5.41) is 14.5. The van der Waals surface area contributed by atoms with Gasteiger partial charge in [-0.2, -0.15) is 0 Å². The Kier molecular flexibility index (Phi) is 4.57. The molecule has 0 fully saturated rings. The minimum absolute atomic E-state index is 0.0507. The molecular formula is C13H11BrClN3O2. The monoisotopic (exact) mass is 355 g/mol. The molecule has 7 heteroatoms. The first-order valence-electron chi connectivity index (χ1n) is 5.76. The van der Waals surface area contributed by atoms with Gasteiger partial charge in [0, 0.05) is 12.6 Å². The number of pyridine rings is 1. The molecule has 0 unspecified atom stereocenters. The van der Waals surface area contributed by atoms with E-state index < -0.39 is 4.92 Å². The molecule has 0 radical (unpaired) electrons. The molecule has 0 amide bonds. The maximum Gasteiger partial charge on any atom is 0.283 e. The molecule has 104 valence electrons. The summed E-state index contributed by atoms with van der Waals surface area (Å²) < 4.78 is 0.468. The first kappa shape index (κ1) is 14.7. The van der Waals surface area contributed by atoms with Crippen molar-refractivity contribution in [1.29, 1.82) is 0 Å². The number of nitrogens with zero attached hydrogens (tertiary/aromatic N) is 2.